The number of ether oxygens (including phenoxy) is 1. The van der Waals surface area contributed by atoms with Gasteiger partial charge >= 0.3 is 12.4 Å². The molecule has 1 amide bonds. The van der Waals surface area contributed by atoms with Crippen molar-refractivity contribution in [2.24, 2.45) is 0 Å². The number of carbonyl (C=O) groups is 1. The van der Waals surface area contributed by atoms with Crippen molar-refractivity contribution in [3.63, 3.8) is 0 Å². The molecule has 0 radical (unpaired) electrons. The van der Waals surface area contributed by atoms with Gasteiger partial charge in [0.1, 0.15) is 10.7 Å². The Morgan fingerprint density at radius 1 is 1.00 bits per heavy atom. The van der Waals surface area contributed by atoms with Crippen molar-refractivity contribution in [2.45, 2.75) is 12.4 Å². The van der Waals surface area contributed by atoms with E-state index in [0.717, 1.165) is 6.07 Å². The largest absolute Gasteiger partial charge is 0.487 e. The number of carbonyl (C=O) groups excluding carboxylic acids is 1. The van der Waals surface area contributed by atoms with Crippen LogP contribution in [0.1, 0.15) is 5.56 Å². The third-order valence-electron chi connectivity index (χ3n) is 4.01. The van der Waals surface area contributed by atoms with Crippen LogP contribution in [-0.4, -0.2) is 24.4 Å². The maximum absolute atomic E-state index is 13.9. The van der Waals surface area contributed by atoms with Gasteiger partial charge in [0, 0.05) is 17.0 Å². The van der Waals surface area contributed by atoms with Gasteiger partial charge < -0.3 is 10.1 Å². The molecule has 0 aromatic heterocycles. The SMILES string of the molecule is O=C(Nc1ccccc1-c1ccc(C(F)(F)F)c(F)c1)C1=C(C(F)(F)F)OCCS1. The van der Waals surface area contributed by atoms with E-state index in [0.29, 0.717) is 23.9 Å². The summed E-state index contributed by atoms with van der Waals surface area (Å²) in [5.74, 6) is -3.88. The van der Waals surface area contributed by atoms with E-state index >= 15 is 0 Å². The van der Waals surface area contributed by atoms with Crippen molar-refractivity contribution in [3.05, 3.63) is 64.5 Å². The average Bonchev–Trinajstić information content (AvgIpc) is 2.66. The highest BCUT2D eigenvalue weighted by atomic mass is 32.2. The van der Waals surface area contributed by atoms with Crippen LogP contribution in [0.25, 0.3) is 11.1 Å². The molecule has 2 aromatic rings. The summed E-state index contributed by atoms with van der Waals surface area (Å²) in [5.41, 5.74) is -1.31. The zero-order valence-electron chi connectivity index (χ0n) is 14.8. The van der Waals surface area contributed by atoms with Crippen LogP contribution in [-0.2, 0) is 15.7 Å². The van der Waals surface area contributed by atoms with Crippen LogP contribution in [0, 0.1) is 5.82 Å². The van der Waals surface area contributed by atoms with Crippen LogP contribution in [0.4, 0.5) is 36.4 Å². The minimum absolute atomic E-state index is 0.00172. The van der Waals surface area contributed by atoms with Gasteiger partial charge in [-0.1, -0.05) is 24.3 Å². The molecule has 0 spiro atoms. The van der Waals surface area contributed by atoms with Crippen molar-refractivity contribution >= 4 is 23.4 Å². The fourth-order valence-electron chi connectivity index (χ4n) is 2.73. The van der Waals surface area contributed by atoms with E-state index in [2.05, 4.69) is 10.1 Å². The molecule has 0 saturated carbocycles. The number of alkyl halides is 6. The summed E-state index contributed by atoms with van der Waals surface area (Å²) in [5, 5.41) is 2.30. The lowest BCUT2D eigenvalue weighted by Gasteiger charge is -2.22. The van der Waals surface area contributed by atoms with E-state index in [-0.39, 0.29) is 29.2 Å². The van der Waals surface area contributed by atoms with E-state index in [1.807, 2.05) is 0 Å². The number of amides is 1. The van der Waals surface area contributed by atoms with E-state index in [4.69, 9.17) is 0 Å². The fourth-order valence-corrected chi connectivity index (χ4v) is 3.59. The third kappa shape index (κ3) is 4.72. The Hall–Kier alpha value is -2.69. The van der Waals surface area contributed by atoms with Crippen molar-refractivity contribution in [3.8, 4) is 11.1 Å². The standard InChI is InChI=1S/C19H12F7NO2S/c20-13-9-10(5-6-12(13)18(21,22)23)11-3-1-2-4-14(11)27-17(28)15-16(19(24,25)26)29-7-8-30-15/h1-6,9H,7-8H2,(H,27,28). The molecule has 0 unspecified atom stereocenters. The summed E-state index contributed by atoms with van der Waals surface area (Å²) in [6.07, 6.45) is -9.74. The van der Waals surface area contributed by atoms with Crippen molar-refractivity contribution in [1.82, 2.24) is 0 Å². The van der Waals surface area contributed by atoms with Crippen LogP contribution in [0.3, 0.4) is 0 Å². The van der Waals surface area contributed by atoms with Crippen LogP contribution in [0.5, 0.6) is 0 Å². The second kappa shape index (κ2) is 8.21. The maximum Gasteiger partial charge on any atom is 0.450 e. The number of para-hydroxylation sites is 1. The molecule has 1 N–H and O–H groups in total. The van der Waals surface area contributed by atoms with Gasteiger partial charge in [0.25, 0.3) is 5.91 Å². The zero-order chi connectivity index (χ0) is 22.1. The lowest BCUT2D eigenvalue weighted by atomic mass is 10.0. The Bertz CT molecular complexity index is 999. The summed E-state index contributed by atoms with van der Waals surface area (Å²) in [6.45, 7) is -0.211. The van der Waals surface area contributed by atoms with Gasteiger partial charge in [0.15, 0.2) is 0 Å². The Morgan fingerprint density at radius 2 is 1.70 bits per heavy atom. The van der Waals surface area contributed by atoms with Gasteiger partial charge in [0.05, 0.1) is 12.2 Å². The Morgan fingerprint density at radius 3 is 2.33 bits per heavy atom. The number of thioether (sulfide) groups is 1. The number of halogens is 7. The van der Waals surface area contributed by atoms with Crippen molar-refractivity contribution in [1.29, 1.82) is 0 Å². The first-order chi connectivity index (χ1) is 14.0. The number of nitrogens with one attached hydrogen (secondary N) is 1. The van der Waals surface area contributed by atoms with Crippen LogP contribution in [0.15, 0.2) is 53.1 Å². The van der Waals surface area contributed by atoms with Crippen molar-refractivity contribution in [2.75, 3.05) is 17.7 Å². The first-order valence-corrected chi connectivity index (χ1v) is 9.31. The fraction of sp³-hybridized carbons (Fsp3) is 0.211. The Balaban J connectivity index is 1.96. The maximum atomic E-state index is 13.9. The molecule has 1 aliphatic heterocycles. The first kappa shape index (κ1) is 22.0. The summed E-state index contributed by atoms with van der Waals surface area (Å²) in [7, 11) is 0. The molecule has 160 valence electrons. The number of allylic oxidation sites excluding steroid dienone is 1. The number of benzene rings is 2. The monoisotopic (exact) mass is 451 g/mol. The predicted octanol–water partition coefficient (Wildman–Crippen LogP) is 5.99. The number of anilines is 1. The molecule has 3 rings (SSSR count). The van der Waals surface area contributed by atoms with Gasteiger partial charge in [-0.25, -0.2) is 4.39 Å². The minimum Gasteiger partial charge on any atom is -0.487 e. The molecule has 0 bridgehead atoms. The number of hydrogen-bond donors (Lipinski definition) is 1. The molecule has 1 heterocycles. The molecule has 3 nitrogen and oxygen atoms in total. The quantitative estimate of drug-likeness (QED) is 0.583. The van der Waals surface area contributed by atoms with Gasteiger partial charge in [-0.15, -0.1) is 11.8 Å². The minimum atomic E-state index is -4.88. The van der Waals surface area contributed by atoms with Gasteiger partial charge in [-0.05, 0) is 23.8 Å². The molecule has 2 aromatic carbocycles. The number of hydrogen-bond acceptors (Lipinski definition) is 3. The second-order valence-corrected chi connectivity index (χ2v) is 7.15. The highest BCUT2D eigenvalue weighted by molar-refractivity contribution is 8.04. The molecule has 11 heteroatoms. The topological polar surface area (TPSA) is 38.3 Å². The molecule has 0 atom stereocenters. The molecular weight excluding hydrogens is 439 g/mol. The predicted molar refractivity (Wildman–Crippen MR) is 97.0 cm³/mol. The lowest BCUT2D eigenvalue weighted by molar-refractivity contribution is -0.140. The molecular formula is C19H12F7NO2S. The first-order valence-electron chi connectivity index (χ1n) is 8.33. The number of rotatable bonds is 3. The molecule has 0 saturated heterocycles. The lowest BCUT2D eigenvalue weighted by Crippen LogP contribution is -2.26. The van der Waals surface area contributed by atoms with Gasteiger partial charge in [0.2, 0.25) is 5.76 Å². The smallest absolute Gasteiger partial charge is 0.450 e. The summed E-state index contributed by atoms with van der Waals surface area (Å²) < 4.78 is 96.2. The summed E-state index contributed by atoms with van der Waals surface area (Å²) >= 11 is 0.672. The Kier molecular flexibility index (Phi) is 6.02. The summed E-state index contributed by atoms with van der Waals surface area (Å²) in [4.78, 5) is 11.8. The zero-order valence-corrected chi connectivity index (χ0v) is 15.6. The molecule has 0 fully saturated rings. The van der Waals surface area contributed by atoms with Gasteiger partial charge in [-0.3, -0.25) is 4.79 Å². The van der Waals surface area contributed by atoms with E-state index in [1.54, 1.807) is 0 Å². The normalized spacial score (nSPS) is 15.0. The van der Waals surface area contributed by atoms with Crippen LogP contribution >= 0.6 is 11.8 Å². The second-order valence-electron chi connectivity index (χ2n) is 6.05. The highest BCUT2D eigenvalue weighted by Crippen LogP contribution is 2.38. The summed E-state index contributed by atoms with van der Waals surface area (Å²) in [6, 6.07) is 7.88. The van der Waals surface area contributed by atoms with E-state index in [9.17, 15) is 35.5 Å². The van der Waals surface area contributed by atoms with Crippen LogP contribution < -0.4 is 5.32 Å². The molecule has 0 aliphatic carbocycles. The van der Waals surface area contributed by atoms with Gasteiger partial charge in [-0.2, -0.15) is 26.3 Å². The Labute approximate surface area is 169 Å². The molecule has 1 aliphatic rings. The van der Waals surface area contributed by atoms with Crippen molar-refractivity contribution < 1.29 is 40.3 Å². The highest BCUT2D eigenvalue weighted by Gasteiger charge is 2.42. The van der Waals surface area contributed by atoms with E-state index in [1.165, 1.54) is 24.3 Å². The van der Waals surface area contributed by atoms with E-state index < -0.39 is 40.3 Å². The third-order valence-corrected chi connectivity index (χ3v) is 5.04. The average molecular weight is 451 g/mol. The van der Waals surface area contributed by atoms with Crippen LogP contribution in [0.2, 0.25) is 0 Å². The molecule has 30 heavy (non-hydrogen) atoms.